The van der Waals surface area contributed by atoms with E-state index in [4.69, 9.17) is 5.73 Å². The molecule has 0 aromatic carbocycles. The minimum absolute atomic E-state index is 0.188. The van der Waals surface area contributed by atoms with Crippen LogP contribution < -0.4 is 5.73 Å². The van der Waals surface area contributed by atoms with Gasteiger partial charge in [-0.2, -0.15) is 0 Å². The third kappa shape index (κ3) is 1.54. The minimum Gasteiger partial charge on any atom is -0.325 e. The van der Waals surface area contributed by atoms with E-state index >= 15 is 0 Å². The van der Waals surface area contributed by atoms with Gasteiger partial charge in [-0.1, -0.05) is 27.7 Å². The van der Waals surface area contributed by atoms with Gasteiger partial charge in [0.05, 0.1) is 0 Å². The highest BCUT2D eigenvalue weighted by atomic mass is 14.8. The first-order valence-electron chi connectivity index (χ1n) is 7.58. The van der Waals surface area contributed by atoms with Crippen LogP contribution in [0.2, 0.25) is 0 Å². The standard InChI is InChI=1S/C16H29N/c1-11(2)14-5-13-6-15(8-14,12(3)4)10-16(17,7-13)9-14/h11-13H,5-10,17H2,1-4H3. The zero-order valence-corrected chi connectivity index (χ0v) is 12.1. The van der Waals surface area contributed by atoms with Crippen LogP contribution in [0.1, 0.15) is 66.2 Å². The molecule has 2 unspecified atom stereocenters. The molecule has 98 valence electrons. The van der Waals surface area contributed by atoms with Gasteiger partial charge in [0.25, 0.3) is 0 Å². The van der Waals surface area contributed by atoms with Gasteiger partial charge in [0.15, 0.2) is 0 Å². The lowest BCUT2D eigenvalue weighted by Gasteiger charge is -2.68. The molecule has 0 aromatic rings. The van der Waals surface area contributed by atoms with E-state index < -0.39 is 0 Å². The van der Waals surface area contributed by atoms with Crippen LogP contribution in [0.15, 0.2) is 0 Å². The van der Waals surface area contributed by atoms with Gasteiger partial charge in [-0.15, -0.1) is 0 Å². The smallest absolute Gasteiger partial charge is 0.0167 e. The van der Waals surface area contributed by atoms with Gasteiger partial charge >= 0.3 is 0 Å². The summed E-state index contributed by atoms with van der Waals surface area (Å²) in [7, 11) is 0. The van der Waals surface area contributed by atoms with Crippen molar-refractivity contribution in [1.29, 1.82) is 0 Å². The third-order valence-electron chi connectivity index (χ3n) is 6.65. The van der Waals surface area contributed by atoms with Crippen molar-refractivity contribution in [2.45, 2.75) is 71.8 Å². The summed E-state index contributed by atoms with van der Waals surface area (Å²) in [5.41, 5.74) is 8.12. The summed E-state index contributed by atoms with van der Waals surface area (Å²) in [4.78, 5) is 0. The lowest BCUT2D eigenvalue weighted by molar-refractivity contribution is -0.158. The summed E-state index contributed by atoms with van der Waals surface area (Å²) in [5.74, 6) is 2.56. The van der Waals surface area contributed by atoms with Crippen LogP contribution in [0.25, 0.3) is 0 Å². The Morgan fingerprint density at radius 2 is 1.29 bits per heavy atom. The Balaban J connectivity index is 2.03. The molecule has 4 bridgehead atoms. The first kappa shape index (κ1) is 12.0. The second kappa shape index (κ2) is 3.29. The molecule has 0 amide bonds. The molecule has 17 heavy (non-hydrogen) atoms. The number of nitrogens with two attached hydrogens (primary N) is 1. The maximum Gasteiger partial charge on any atom is 0.0167 e. The van der Waals surface area contributed by atoms with E-state index in [2.05, 4.69) is 27.7 Å². The van der Waals surface area contributed by atoms with Crippen molar-refractivity contribution in [2.75, 3.05) is 0 Å². The number of rotatable bonds is 2. The average molecular weight is 235 g/mol. The molecule has 0 aromatic heterocycles. The average Bonchev–Trinajstić information content (AvgIpc) is 2.12. The van der Waals surface area contributed by atoms with E-state index in [1.54, 1.807) is 0 Å². The van der Waals surface area contributed by atoms with Crippen molar-refractivity contribution in [1.82, 2.24) is 0 Å². The number of hydrogen-bond acceptors (Lipinski definition) is 1. The Morgan fingerprint density at radius 1 is 0.824 bits per heavy atom. The van der Waals surface area contributed by atoms with Crippen molar-refractivity contribution >= 4 is 0 Å². The predicted octanol–water partition coefficient (Wildman–Crippen LogP) is 3.97. The van der Waals surface area contributed by atoms with Crippen LogP contribution in [-0.4, -0.2) is 5.54 Å². The topological polar surface area (TPSA) is 26.0 Å². The van der Waals surface area contributed by atoms with Crippen LogP contribution in [0.5, 0.6) is 0 Å². The molecule has 4 aliphatic rings. The monoisotopic (exact) mass is 235 g/mol. The maximum absolute atomic E-state index is 6.77. The third-order valence-corrected chi connectivity index (χ3v) is 6.65. The van der Waals surface area contributed by atoms with Gasteiger partial charge in [-0.25, -0.2) is 0 Å². The van der Waals surface area contributed by atoms with E-state index in [0.717, 1.165) is 17.8 Å². The molecule has 4 rings (SSSR count). The summed E-state index contributed by atoms with van der Waals surface area (Å²) < 4.78 is 0. The molecule has 4 saturated carbocycles. The van der Waals surface area contributed by atoms with Crippen molar-refractivity contribution in [2.24, 2.45) is 34.3 Å². The molecule has 4 aliphatic carbocycles. The molecule has 0 radical (unpaired) electrons. The lowest BCUT2D eigenvalue weighted by Crippen LogP contribution is -2.66. The zero-order valence-electron chi connectivity index (χ0n) is 12.1. The highest BCUT2D eigenvalue weighted by molar-refractivity contribution is 5.16. The summed E-state index contributed by atoms with van der Waals surface area (Å²) in [6.07, 6.45) is 8.34. The van der Waals surface area contributed by atoms with Crippen molar-refractivity contribution in [3.05, 3.63) is 0 Å². The van der Waals surface area contributed by atoms with E-state index in [9.17, 15) is 0 Å². The van der Waals surface area contributed by atoms with E-state index in [1.807, 2.05) is 0 Å². The van der Waals surface area contributed by atoms with Gasteiger partial charge in [-0.3, -0.25) is 0 Å². The molecule has 4 fully saturated rings. The van der Waals surface area contributed by atoms with E-state index in [-0.39, 0.29) is 5.54 Å². The Labute approximate surface area is 107 Å². The molecular formula is C16H29N. The van der Waals surface area contributed by atoms with E-state index in [1.165, 1.54) is 38.5 Å². The summed E-state index contributed by atoms with van der Waals surface area (Å²) in [6, 6.07) is 0. The molecular weight excluding hydrogens is 206 g/mol. The van der Waals surface area contributed by atoms with Gasteiger partial charge < -0.3 is 5.73 Å². The fourth-order valence-electron chi connectivity index (χ4n) is 5.95. The zero-order chi connectivity index (χ0) is 12.5. The molecule has 0 spiro atoms. The first-order chi connectivity index (χ1) is 7.79. The van der Waals surface area contributed by atoms with Crippen LogP contribution in [0.3, 0.4) is 0 Å². The van der Waals surface area contributed by atoms with Crippen molar-refractivity contribution < 1.29 is 0 Å². The fraction of sp³-hybridized carbons (Fsp3) is 1.00. The Hall–Kier alpha value is -0.0400. The molecule has 0 aliphatic heterocycles. The summed E-state index contributed by atoms with van der Waals surface area (Å²) >= 11 is 0. The maximum atomic E-state index is 6.77. The number of hydrogen-bond donors (Lipinski definition) is 1. The van der Waals surface area contributed by atoms with Gasteiger partial charge in [-0.05, 0) is 67.1 Å². The summed E-state index contributed by atoms with van der Waals surface area (Å²) in [6.45, 7) is 9.74. The van der Waals surface area contributed by atoms with Crippen LogP contribution >= 0.6 is 0 Å². The van der Waals surface area contributed by atoms with Gasteiger partial charge in [0, 0.05) is 5.54 Å². The van der Waals surface area contributed by atoms with Crippen molar-refractivity contribution in [3.8, 4) is 0 Å². The molecule has 0 heterocycles. The van der Waals surface area contributed by atoms with Gasteiger partial charge in [0.2, 0.25) is 0 Å². The van der Waals surface area contributed by atoms with Crippen LogP contribution in [0.4, 0.5) is 0 Å². The highest BCUT2D eigenvalue weighted by Gasteiger charge is 2.63. The minimum atomic E-state index is 0.188. The largest absolute Gasteiger partial charge is 0.325 e. The molecule has 0 saturated heterocycles. The van der Waals surface area contributed by atoms with Crippen molar-refractivity contribution in [3.63, 3.8) is 0 Å². The predicted molar refractivity (Wildman–Crippen MR) is 72.7 cm³/mol. The first-order valence-corrected chi connectivity index (χ1v) is 7.58. The normalized spacial score (nSPS) is 52.8. The highest BCUT2D eigenvalue weighted by Crippen LogP contribution is 2.69. The Bertz CT molecular complexity index is 306. The fourth-order valence-corrected chi connectivity index (χ4v) is 5.95. The quantitative estimate of drug-likeness (QED) is 0.770. The molecule has 2 atom stereocenters. The second-order valence-electron chi connectivity index (χ2n) is 8.41. The molecule has 1 heteroatoms. The molecule has 2 N–H and O–H groups in total. The van der Waals surface area contributed by atoms with E-state index in [0.29, 0.717) is 10.8 Å². The SMILES string of the molecule is CC(C)C12CC3CC(N)(C1)CC(C(C)C)(C3)C2. The lowest BCUT2D eigenvalue weighted by atomic mass is 9.38. The van der Waals surface area contributed by atoms with Crippen LogP contribution in [-0.2, 0) is 0 Å². The summed E-state index contributed by atoms with van der Waals surface area (Å²) in [5, 5.41) is 0. The van der Waals surface area contributed by atoms with Crippen LogP contribution in [0, 0.1) is 28.6 Å². The Kier molecular flexibility index (Phi) is 2.32. The Morgan fingerprint density at radius 3 is 1.65 bits per heavy atom. The molecule has 1 nitrogen and oxygen atoms in total. The second-order valence-corrected chi connectivity index (χ2v) is 8.41. The van der Waals surface area contributed by atoms with Gasteiger partial charge in [0.1, 0.15) is 0 Å².